The van der Waals surface area contributed by atoms with Crippen molar-refractivity contribution in [3.63, 3.8) is 0 Å². The van der Waals surface area contributed by atoms with E-state index in [0.29, 0.717) is 5.56 Å². The summed E-state index contributed by atoms with van der Waals surface area (Å²) < 4.78 is 23.5. The van der Waals surface area contributed by atoms with Crippen LogP contribution in [0, 0.1) is 10.1 Å². The summed E-state index contributed by atoms with van der Waals surface area (Å²) in [7, 11) is -3.82. The highest BCUT2D eigenvalue weighted by molar-refractivity contribution is 7.89. The zero-order valence-electron chi connectivity index (χ0n) is 9.63. The van der Waals surface area contributed by atoms with Crippen molar-refractivity contribution in [3.8, 4) is 0 Å². The van der Waals surface area contributed by atoms with Crippen molar-refractivity contribution >= 4 is 15.7 Å². The van der Waals surface area contributed by atoms with Crippen LogP contribution in [0.25, 0.3) is 0 Å². The summed E-state index contributed by atoms with van der Waals surface area (Å²) in [6.07, 6.45) is 2.33. The molecule has 2 N–H and O–H groups in total. The number of sulfonamides is 1. The first-order valence-corrected chi connectivity index (χ1v) is 6.70. The molecule has 8 nitrogen and oxygen atoms in total. The first kappa shape index (κ1) is 13.2. The molecule has 0 spiro atoms. The Balaban J connectivity index is 2.32. The van der Waals surface area contributed by atoms with Gasteiger partial charge in [0, 0.05) is 12.3 Å². The van der Waals surface area contributed by atoms with Gasteiger partial charge in [0.1, 0.15) is 4.90 Å². The maximum absolute atomic E-state index is 11.1. The zero-order valence-corrected chi connectivity index (χ0v) is 10.4. The van der Waals surface area contributed by atoms with Crippen LogP contribution in [-0.2, 0) is 16.6 Å². The molecule has 19 heavy (non-hydrogen) atoms. The van der Waals surface area contributed by atoms with Gasteiger partial charge in [-0.2, -0.15) is 5.10 Å². The van der Waals surface area contributed by atoms with E-state index >= 15 is 0 Å². The van der Waals surface area contributed by atoms with Crippen molar-refractivity contribution in [1.82, 2.24) is 9.78 Å². The zero-order chi connectivity index (χ0) is 14.0. The highest BCUT2D eigenvalue weighted by Gasteiger charge is 2.15. The van der Waals surface area contributed by atoms with Gasteiger partial charge in [-0.25, -0.2) is 13.6 Å². The Morgan fingerprint density at radius 2 is 2.05 bits per heavy atom. The third-order valence-electron chi connectivity index (χ3n) is 2.46. The second-order valence-corrected chi connectivity index (χ2v) is 5.37. The number of benzene rings is 1. The first-order valence-electron chi connectivity index (χ1n) is 5.15. The number of primary sulfonamides is 1. The van der Waals surface area contributed by atoms with Crippen LogP contribution in [0.3, 0.4) is 0 Å². The fourth-order valence-electron chi connectivity index (χ4n) is 1.58. The monoisotopic (exact) mass is 282 g/mol. The molecule has 0 aliphatic heterocycles. The number of rotatable bonds is 4. The van der Waals surface area contributed by atoms with Crippen molar-refractivity contribution < 1.29 is 13.3 Å². The Morgan fingerprint density at radius 1 is 1.37 bits per heavy atom. The van der Waals surface area contributed by atoms with Crippen LogP contribution >= 0.6 is 0 Å². The third-order valence-corrected chi connectivity index (χ3v) is 3.33. The lowest BCUT2D eigenvalue weighted by Gasteiger charge is -2.02. The van der Waals surface area contributed by atoms with E-state index in [-0.39, 0.29) is 17.1 Å². The second kappa shape index (κ2) is 4.78. The quantitative estimate of drug-likeness (QED) is 0.646. The van der Waals surface area contributed by atoms with Crippen LogP contribution in [0.2, 0.25) is 0 Å². The van der Waals surface area contributed by atoms with Crippen molar-refractivity contribution in [2.75, 3.05) is 0 Å². The van der Waals surface area contributed by atoms with Gasteiger partial charge in [-0.3, -0.25) is 14.8 Å². The molecule has 0 saturated carbocycles. The Bertz CT molecular complexity index is 723. The highest BCUT2D eigenvalue weighted by Crippen LogP contribution is 2.18. The predicted octanol–water partition coefficient (Wildman–Crippen LogP) is 0.487. The van der Waals surface area contributed by atoms with E-state index in [9.17, 15) is 18.5 Å². The van der Waals surface area contributed by atoms with Gasteiger partial charge in [-0.1, -0.05) is 18.2 Å². The fourth-order valence-corrected chi connectivity index (χ4v) is 2.04. The van der Waals surface area contributed by atoms with Gasteiger partial charge in [0.05, 0.1) is 23.2 Å². The van der Waals surface area contributed by atoms with Crippen molar-refractivity contribution in [2.24, 2.45) is 5.14 Å². The molecule has 2 aromatic rings. The van der Waals surface area contributed by atoms with E-state index in [1.165, 1.54) is 16.9 Å². The molecule has 0 unspecified atom stereocenters. The molecule has 1 aromatic carbocycles. The van der Waals surface area contributed by atoms with Gasteiger partial charge in [-0.15, -0.1) is 0 Å². The van der Waals surface area contributed by atoms with Crippen LogP contribution in [0.5, 0.6) is 0 Å². The maximum atomic E-state index is 11.1. The van der Waals surface area contributed by atoms with E-state index in [4.69, 9.17) is 5.14 Å². The van der Waals surface area contributed by atoms with Crippen molar-refractivity contribution in [1.29, 1.82) is 0 Å². The molecule has 0 fully saturated rings. The van der Waals surface area contributed by atoms with E-state index < -0.39 is 14.9 Å². The second-order valence-electron chi connectivity index (χ2n) is 3.80. The van der Waals surface area contributed by atoms with E-state index in [1.54, 1.807) is 18.2 Å². The summed E-state index contributed by atoms with van der Waals surface area (Å²) >= 11 is 0. The number of aromatic nitrogens is 2. The third kappa shape index (κ3) is 2.95. The van der Waals surface area contributed by atoms with Gasteiger partial charge in [0.2, 0.25) is 10.0 Å². The van der Waals surface area contributed by atoms with Crippen molar-refractivity contribution in [3.05, 3.63) is 52.3 Å². The molecule has 0 amide bonds. The average molecular weight is 282 g/mol. The maximum Gasteiger partial charge on any atom is 0.274 e. The smallest absolute Gasteiger partial charge is 0.267 e. The Labute approximate surface area is 108 Å². The number of nitro benzene ring substituents is 1. The number of nitrogens with zero attached hydrogens (tertiary/aromatic N) is 3. The Morgan fingerprint density at radius 3 is 2.63 bits per heavy atom. The number of hydrogen-bond donors (Lipinski definition) is 1. The minimum absolute atomic E-state index is 0.0462. The normalized spacial score (nSPS) is 11.4. The van der Waals surface area contributed by atoms with Gasteiger partial charge in [-0.05, 0) is 0 Å². The molecule has 0 saturated heterocycles. The van der Waals surface area contributed by atoms with E-state index in [2.05, 4.69) is 5.10 Å². The van der Waals surface area contributed by atoms with Crippen LogP contribution < -0.4 is 5.14 Å². The van der Waals surface area contributed by atoms with Gasteiger partial charge >= 0.3 is 0 Å². The van der Waals surface area contributed by atoms with Crippen molar-refractivity contribution in [2.45, 2.75) is 11.4 Å². The molecule has 1 aromatic heterocycles. The fraction of sp³-hybridized carbons (Fsp3) is 0.100. The number of nitrogens with two attached hydrogens (primary N) is 1. The summed E-state index contributed by atoms with van der Waals surface area (Å²) in [6, 6.07) is 6.17. The van der Waals surface area contributed by atoms with Crippen LogP contribution in [0.15, 0.2) is 41.6 Å². The molecule has 0 aliphatic carbocycles. The number of nitro groups is 1. The molecule has 2 rings (SSSR count). The lowest BCUT2D eigenvalue weighted by atomic mass is 10.2. The lowest BCUT2D eigenvalue weighted by Crippen LogP contribution is -2.11. The Kier molecular flexibility index (Phi) is 3.32. The van der Waals surface area contributed by atoms with Gasteiger partial charge < -0.3 is 0 Å². The molecular weight excluding hydrogens is 272 g/mol. The van der Waals surface area contributed by atoms with Gasteiger partial charge in [0.25, 0.3) is 5.69 Å². The van der Waals surface area contributed by atoms with Crippen LogP contribution in [-0.4, -0.2) is 23.1 Å². The highest BCUT2D eigenvalue weighted by atomic mass is 32.2. The van der Waals surface area contributed by atoms with Gasteiger partial charge in [0.15, 0.2) is 0 Å². The molecule has 0 aliphatic rings. The van der Waals surface area contributed by atoms with Crippen LogP contribution in [0.1, 0.15) is 5.56 Å². The lowest BCUT2D eigenvalue weighted by molar-refractivity contribution is -0.385. The molecule has 100 valence electrons. The summed E-state index contributed by atoms with van der Waals surface area (Å²) in [5.74, 6) is 0. The average Bonchev–Trinajstić information content (AvgIpc) is 2.77. The summed E-state index contributed by atoms with van der Waals surface area (Å²) in [4.78, 5) is 10.2. The first-order chi connectivity index (χ1) is 8.88. The SMILES string of the molecule is NS(=O)(=O)c1cnn(Cc2ccccc2[N+](=O)[O-])c1. The summed E-state index contributed by atoms with van der Waals surface area (Å²) in [5.41, 5.74) is 0.381. The summed E-state index contributed by atoms with van der Waals surface area (Å²) in [6.45, 7) is 0.0900. The minimum atomic E-state index is -3.82. The Hall–Kier alpha value is -2.26. The van der Waals surface area contributed by atoms with E-state index in [1.807, 2.05) is 0 Å². The topological polar surface area (TPSA) is 121 Å². The standard InChI is InChI=1S/C10H10N4O4S/c11-19(17,18)9-5-12-13(7-9)6-8-3-1-2-4-10(8)14(15)16/h1-5,7H,6H2,(H2,11,17,18). The largest absolute Gasteiger partial charge is 0.274 e. The molecule has 0 atom stereocenters. The molecule has 0 radical (unpaired) electrons. The number of hydrogen-bond acceptors (Lipinski definition) is 5. The molecule has 9 heteroatoms. The molecule has 0 bridgehead atoms. The minimum Gasteiger partial charge on any atom is -0.267 e. The summed E-state index contributed by atoms with van der Waals surface area (Å²) in [5, 5.41) is 19.6. The predicted molar refractivity (Wildman–Crippen MR) is 65.8 cm³/mol. The molecule has 1 heterocycles. The van der Waals surface area contributed by atoms with Crippen LogP contribution in [0.4, 0.5) is 5.69 Å². The number of para-hydroxylation sites is 1. The molecular formula is C10H10N4O4S. The van der Waals surface area contributed by atoms with E-state index in [0.717, 1.165) is 6.20 Å².